The van der Waals surface area contributed by atoms with E-state index in [0.29, 0.717) is 34.8 Å². The van der Waals surface area contributed by atoms with Crippen molar-refractivity contribution in [3.8, 4) is 0 Å². The monoisotopic (exact) mass is 548 g/mol. The predicted molar refractivity (Wildman–Crippen MR) is 140 cm³/mol. The van der Waals surface area contributed by atoms with Crippen LogP contribution in [0.4, 0.5) is 23.7 Å². The number of nitrogens with two attached hydrogens (primary N) is 2. The minimum atomic E-state index is -4.52. The quantitative estimate of drug-likeness (QED) is 0.291. The van der Waals surface area contributed by atoms with Crippen LogP contribution in [0, 0.1) is 18.3 Å². The number of primary amides is 1. The SMILES string of the molecule is Cc1ccc(C(=N)N(CCC(F)(F)F)C(=O)NC/C(N)=C2\CCC(C(N)=O)C2=Nc2cccc(Cl)c2)cc1. The van der Waals surface area contributed by atoms with E-state index < -0.39 is 37.0 Å². The molecule has 8 nitrogen and oxygen atoms in total. The van der Waals surface area contributed by atoms with Crippen molar-refractivity contribution in [3.05, 3.63) is 76.0 Å². The van der Waals surface area contributed by atoms with Gasteiger partial charge >= 0.3 is 12.2 Å². The highest BCUT2D eigenvalue weighted by Gasteiger charge is 2.34. The standard InChI is InChI=1S/C26H28ClF3N6O2/c1-15-5-7-16(8-6-15)23(32)36(12-11-26(28,29)30)25(38)34-14-21(31)19-9-10-20(24(33)37)22(19)35-18-4-2-3-17(27)13-18/h2-8,13,20,32H,9-12,14,31H2,1H3,(H2,33,37)(H,34,38)/b21-19-,32-23?,35-22?. The van der Waals surface area contributed by atoms with Crippen LogP contribution in [0.5, 0.6) is 0 Å². The minimum absolute atomic E-state index is 0.181. The number of carbonyl (C=O) groups is 2. The molecule has 6 N–H and O–H groups in total. The van der Waals surface area contributed by atoms with E-state index in [1.807, 2.05) is 6.92 Å². The van der Waals surface area contributed by atoms with Gasteiger partial charge < -0.3 is 16.8 Å². The van der Waals surface area contributed by atoms with Gasteiger partial charge in [-0.1, -0.05) is 47.5 Å². The summed E-state index contributed by atoms with van der Waals surface area (Å²) in [4.78, 5) is 30.2. The van der Waals surface area contributed by atoms with Gasteiger partial charge in [-0.3, -0.25) is 20.1 Å². The summed E-state index contributed by atoms with van der Waals surface area (Å²) in [6.45, 7) is 0.842. The second-order valence-corrected chi connectivity index (χ2v) is 9.30. The second kappa shape index (κ2) is 12.1. The van der Waals surface area contributed by atoms with E-state index in [4.69, 9.17) is 28.5 Å². The highest BCUT2D eigenvalue weighted by atomic mass is 35.5. The molecule has 0 spiro atoms. The number of amidine groups is 1. The molecule has 3 rings (SSSR count). The average Bonchev–Trinajstić information content (AvgIpc) is 3.26. The fourth-order valence-electron chi connectivity index (χ4n) is 3.99. The molecule has 3 amide bonds. The lowest BCUT2D eigenvalue weighted by molar-refractivity contribution is -0.135. The number of allylic oxidation sites excluding steroid dienone is 1. The molecule has 0 heterocycles. The first-order valence-electron chi connectivity index (χ1n) is 11.7. The van der Waals surface area contributed by atoms with E-state index in [9.17, 15) is 22.8 Å². The molecular formula is C26H28ClF3N6O2. The Hall–Kier alpha value is -3.86. The molecule has 1 aliphatic carbocycles. The Bertz CT molecular complexity index is 1270. The molecule has 0 aliphatic heterocycles. The summed E-state index contributed by atoms with van der Waals surface area (Å²) in [6, 6.07) is 12.3. The first-order chi connectivity index (χ1) is 17.9. The average molecular weight is 549 g/mol. The van der Waals surface area contributed by atoms with E-state index in [-0.39, 0.29) is 23.6 Å². The molecule has 0 radical (unpaired) electrons. The number of nitrogens with zero attached hydrogens (tertiary/aromatic N) is 2. The number of amides is 3. The van der Waals surface area contributed by atoms with Crippen molar-refractivity contribution in [2.45, 2.75) is 32.4 Å². The highest BCUT2D eigenvalue weighted by molar-refractivity contribution is 6.30. The van der Waals surface area contributed by atoms with Crippen LogP contribution < -0.4 is 16.8 Å². The zero-order valence-electron chi connectivity index (χ0n) is 20.6. The number of urea groups is 1. The second-order valence-electron chi connectivity index (χ2n) is 8.86. The van der Waals surface area contributed by atoms with Gasteiger partial charge in [0.15, 0.2) is 0 Å². The van der Waals surface area contributed by atoms with Gasteiger partial charge in [0.2, 0.25) is 5.91 Å². The zero-order valence-corrected chi connectivity index (χ0v) is 21.4. The van der Waals surface area contributed by atoms with E-state index in [2.05, 4.69) is 10.3 Å². The zero-order chi connectivity index (χ0) is 28.0. The van der Waals surface area contributed by atoms with Crippen LogP contribution in [0.3, 0.4) is 0 Å². The Labute approximate surface area is 223 Å². The van der Waals surface area contributed by atoms with Crippen LogP contribution in [-0.4, -0.2) is 47.7 Å². The summed E-state index contributed by atoms with van der Waals surface area (Å²) >= 11 is 6.04. The van der Waals surface area contributed by atoms with Gasteiger partial charge in [0.05, 0.1) is 30.3 Å². The van der Waals surface area contributed by atoms with Crippen molar-refractivity contribution in [2.24, 2.45) is 22.4 Å². The Kier molecular flexibility index (Phi) is 9.16. The molecule has 1 saturated carbocycles. The predicted octanol–water partition coefficient (Wildman–Crippen LogP) is 4.82. The number of rotatable bonds is 7. The number of aryl methyl sites for hydroxylation is 1. The maximum absolute atomic E-state index is 13.0. The van der Waals surface area contributed by atoms with Crippen molar-refractivity contribution >= 4 is 40.8 Å². The van der Waals surface area contributed by atoms with Gasteiger partial charge in [0, 0.05) is 22.8 Å². The Morgan fingerprint density at radius 1 is 1.18 bits per heavy atom. The van der Waals surface area contributed by atoms with Crippen molar-refractivity contribution in [1.82, 2.24) is 10.2 Å². The van der Waals surface area contributed by atoms with Crippen LogP contribution in [0.15, 0.2) is 64.8 Å². The maximum atomic E-state index is 13.0. The molecule has 1 unspecified atom stereocenters. The van der Waals surface area contributed by atoms with Gasteiger partial charge in [-0.25, -0.2) is 4.79 Å². The molecule has 0 bridgehead atoms. The number of halogens is 4. The van der Waals surface area contributed by atoms with E-state index >= 15 is 0 Å². The maximum Gasteiger partial charge on any atom is 0.390 e. The van der Waals surface area contributed by atoms with Crippen LogP contribution in [0.2, 0.25) is 5.02 Å². The van der Waals surface area contributed by atoms with Gasteiger partial charge in [-0.15, -0.1) is 0 Å². The highest BCUT2D eigenvalue weighted by Crippen LogP contribution is 2.32. The number of benzene rings is 2. The first kappa shape index (κ1) is 28.7. The summed E-state index contributed by atoms with van der Waals surface area (Å²) in [6.07, 6.45) is -5.07. The van der Waals surface area contributed by atoms with Crippen LogP contribution >= 0.6 is 11.6 Å². The Morgan fingerprint density at radius 2 is 1.87 bits per heavy atom. The molecule has 0 saturated heterocycles. The molecule has 1 aliphatic rings. The fraction of sp³-hybridized carbons (Fsp3) is 0.308. The molecule has 0 aromatic heterocycles. The molecule has 1 atom stereocenters. The van der Waals surface area contributed by atoms with Crippen molar-refractivity contribution in [1.29, 1.82) is 5.41 Å². The molecule has 2 aromatic rings. The molecule has 1 fully saturated rings. The molecule has 202 valence electrons. The van der Waals surface area contributed by atoms with Gasteiger partial charge in [0.1, 0.15) is 5.84 Å². The van der Waals surface area contributed by atoms with E-state index in [1.165, 1.54) is 0 Å². The molecular weight excluding hydrogens is 521 g/mol. The topological polar surface area (TPSA) is 138 Å². The lowest BCUT2D eigenvalue weighted by Gasteiger charge is -2.24. The van der Waals surface area contributed by atoms with Crippen molar-refractivity contribution in [2.75, 3.05) is 13.1 Å². The summed E-state index contributed by atoms with van der Waals surface area (Å²) in [5.41, 5.74) is 14.5. The van der Waals surface area contributed by atoms with E-state index in [1.54, 1.807) is 48.5 Å². The molecule has 12 heteroatoms. The van der Waals surface area contributed by atoms with Gasteiger partial charge in [-0.2, -0.15) is 13.2 Å². The van der Waals surface area contributed by atoms with E-state index in [0.717, 1.165) is 10.5 Å². The van der Waals surface area contributed by atoms with Gasteiger partial charge in [-0.05, 0) is 43.5 Å². The lowest BCUT2D eigenvalue weighted by atomic mass is 10.0. The van der Waals surface area contributed by atoms with Crippen LogP contribution in [-0.2, 0) is 4.79 Å². The van der Waals surface area contributed by atoms with Crippen molar-refractivity contribution in [3.63, 3.8) is 0 Å². The molecule has 2 aromatic carbocycles. The number of alkyl halides is 3. The summed E-state index contributed by atoms with van der Waals surface area (Å²) in [5, 5.41) is 11.3. The smallest absolute Gasteiger partial charge is 0.390 e. The largest absolute Gasteiger partial charge is 0.400 e. The third kappa shape index (κ3) is 7.58. The Morgan fingerprint density at radius 3 is 2.47 bits per heavy atom. The number of hydrogen-bond acceptors (Lipinski definition) is 5. The van der Waals surface area contributed by atoms with Crippen LogP contribution in [0.1, 0.15) is 30.4 Å². The first-order valence-corrected chi connectivity index (χ1v) is 12.1. The van der Waals surface area contributed by atoms with Crippen LogP contribution in [0.25, 0.3) is 0 Å². The number of aliphatic imine (C=N–C) groups is 1. The van der Waals surface area contributed by atoms with Gasteiger partial charge in [0.25, 0.3) is 0 Å². The fourth-order valence-corrected chi connectivity index (χ4v) is 4.17. The third-order valence-electron chi connectivity index (χ3n) is 6.00. The number of carbonyl (C=O) groups excluding carboxylic acids is 2. The third-order valence-corrected chi connectivity index (χ3v) is 6.24. The number of nitrogens with one attached hydrogen (secondary N) is 2. The summed E-state index contributed by atoms with van der Waals surface area (Å²) in [5.74, 6) is -1.66. The summed E-state index contributed by atoms with van der Waals surface area (Å²) < 4.78 is 38.8. The molecule has 38 heavy (non-hydrogen) atoms. The lowest BCUT2D eigenvalue weighted by Crippen LogP contribution is -2.46. The Balaban J connectivity index is 1.83. The normalized spacial score (nSPS) is 17.8. The number of hydrogen-bond donors (Lipinski definition) is 4. The van der Waals surface area contributed by atoms with Crippen molar-refractivity contribution < 1.29 is 22.8 Å². The minimum Gasteiger partial charge on any atom is -0.400 e. The summed E-state index contributed by atoms with van der Waals surface area (Å²) in [7, 11) is 0.